The van der Waals surface area contributed by atoms with Crippen LogP contribution in [0.15, 0.2) is 0 Å². The van der Waals surface area contributed by atoms with Gasteiger partial charge in [-0.25, -0.2) is 0 Å². The largest absolute Gasteiger partial charge is 0.352 e. The zero-order valence-electron chi connectivity index (χ0n) is 12.2. The van der Waals surface area contributed by atoms with Crippen molar-refractivity contribution in [3.05, 3.63) is 0 Å². The molecule has 0 saturated heterocycles. The molecule has 0 aromatic heterocycles. The molecule has 0 aromatic carbocycles. The third kappa shape index (κ3) is 8.56. The van der Waals surface area contributed by atoms with Crippen LogP contribution in [0.1, 0.15) is 40.0 Å². The number of nitrogens with two attached hydrogens (primary N) is 2. The van der Waals surface area contributed by atoms with Crippen LogP contribution in [0.2, 0.25) is 0 Å². The van der Waals surface area contributed by atoms with Crippen molar-refractivity contribution >= 4 is 11.8 Å². The van der Waals surface area contributed by atoms with E-state index < -0.39 is 6.04 Å². The molecule has 19 heavy (non-hydrogen) atoms. The lowest BCUT2D eigenvalue weighted by Gasteiger charge is -2.18. The maximum Gasteiger partial charge on any atom is 0.239 e. The summed E-state index contributed by atoms with van der Waals surface area (Å²) in [5, 5.41) is 5.36. The van der Waals surface area contributed by atoms with E-state index in [9.17, 15) is 9.59 Å². The first kappa shape index (κ1) is 17.9. The van der Waals surface area contributed by atoms with Gasteiger partial charge in [0.25, 0.3) is 0 Å². The van der Waals surface area contributed by atoms with Crippen molar-refractivity contribution in [2.45, 2.75) is 52.1 Å². The van der Waals surface area contributed by atoms with Crippen LogP contribution in [0.5, 0.6) is 0 Å². The van der Waals surface area contributed by atoms with Gasteiger partial charge in [-0.15, -0.1) is 0 Å². The molecular weight excluding hydrogens is 244 g/mol. The summed E-state index contributed by atoms with van der Waals surface area (Å²) in [4.78, 5) is 23.2. The summed E-state index contributed by atoms with van der Waals surface area (Å²) in [7, 11) is 0. The van der Waals surface area contributed by atoms with Crippen LogP contribution < -0.4 is 22.1 Å². The third-order valence-corrected chi connectivity index (χ3v) is 3.12. The third-order valence-electron chi connectivity index (χ3n) is 3.12. The molecule has 112 valence electrons. The Morgan fingerprint density at radius 2 is 1.79 bits per heavy atom. The van der Waals surface area contributed by atoms with Gasteiger partial charge < -0.3 is 22.1 Å². The maximum atomic E-state index is 11.6. The van der Waals surface area contributed by atoms with Crippen LogP contribution in [0.25, 0.3) is 0 Å². The molecule has 0 aliphatic heterocycles. The number of nitrogens with one attached hydrogen (secondary N) is 2. The summed E-state index contributed by atoms with van der Waals surface area (Å²) in [6.45, 7) is 6.56. The number of hydrogen-bond donors (Lipinski definition) is 4. The van der Waals surface area contributed by atoms with Crippen LogP contribution in [0, 0.1) is 5.92 Å². The Labute approximate surface area is 115 Å². The van der Waals surface area contributed by atoms with Crippen molar-refractivity contribution in [2.24, 2.45) is 17.4 Å². The highest BCUT2D eigenvalue weighted by Crippen LogP contribution is 1.99. The maximum absolute atomic E-state index is 11.6. The van der Waals surface area contributed by atoms with E-state index in [2.05, 4.69) is 10.6 Å². The summed E-state index contributed by atoms with van der Waals surface area (Å²) in [5.41, 5.74) is 11.1. The lowest BCUT2D eigenvalue weighted by Crippen LogP contribution is -2.47. The molecule has 6 nitrogen and oxygen atoms in total. The molecular formula is C13H28N4O2. The summed E-state index contributed by atoms with van der Waals surface area (Å²) in [6, 6.07) is -0.482. The number of carbonyl (C=O) groups is 2. The van der Waals surface area contributed by atoms with Gasteiger partial charge in [0.2, 0.25) is 11.8 Å². The molecule has 0 radical (unpaired) electrons. The van der Waals surface area contributed by atoms with E-state index >= 15 is 0 Å². The van der Waals surface area contributed by atoms with Gasteiger partial charge in [0.05, 0.1) is 12.6 Å². The van der Waals surface area contributed by atoms with Gasteiger partial charge in [-0.1, -0.05) is 20.3 Å². The van der Waals surface area contributed by atoms with Crippen LogP contribution in [-0.4, -0.2) is 37.0 Å². The Morgan fingerprint density at radius 3 is 2.32 bits per heavy atom. The van der Waals surface area contributed by atoms with E-state index in [0.717, 1.165) is 12.8 Å². The van der Waals surface area contributed by atoms with Crippen molar-refractivity contribution in [3.63, 3.8) is 0 Å². The second kappa shape index (κ2) is 9.75. The topological polar surface area (TPSA) is 110 Å². The number of carbonyl (C=O) groups excluding carboxylic acids is 2. The van der Waals surface area contributed by atoms with Crippen molar-refractivity contribution < 1.29 is 9.59 Å². The number of unbranched alkanes of at least 4 members (excludes halogenated alkanes) is 1. The molecule has 6 N–H and O–H groups in total. The minimum atomic E-state index is -0.568. The molecule has 0 spiro atoms. The van der Waals surface area contributed by atoms with E-state index in [0.29, 0.717) is 18.9 Å². The average Bonchev–Trinajstić information content (AvgIpc) is 2.35. The quantitative estimate of drug-likeness (QED) is 0.433. The van der Waals surface area contributed by atoms with Gasteiger partial charge in [0, 0.05) is 6.04 Å². The fourth-order valence-electron chi connectivity index (χ4n) is 1.41. The SMILES string of the molecule is CC(C)C(C)NC(=O)CNC(=O)C(N)CCCCN. The van der Waals surface area contributed by atoms with Gasteiger partial charge in [0.15, 0.2) is 0 Å². The van der Waals surface area contributed by atoms with Crippen molar-refractivity contribution in [2.75, 3.05) is 13.1 Å². The van der Waals surface area contributed by atoms with Gasteiger partial charge in [-0.05, 0) is 32.2 Å². The molecule has 2 atom stereocenters. The smallest absolute Gasteiger partial charge is 0.239 e. The van der Waals surface area contributed by atoms with E-state index in [1.165, 1.54) is 0 Å². The van der Waals surface area contributed by atoms with Crippen molar-refractivity contribution in [1.29, 1.82) is 0 Å². The first-order chi connectivity index (χ1) is 8.88. The molecule has 6 heteroatoms. The number of rotatable bonds is 9. The highest BCUT2D eigenvalue weighted by Gasteiger charge is 2.15. The standard InChI is InChI=1S/C13H28N4O2/c1-9(2)10(3)17-12(18)8-16-13(19)11(15)6-4-5-7-14/h9-11H,4-8,14-15H2,1-3H3,(H,16,19)(H,17,18). The molecule has 0 aromatic rings. The second-order valence-electron chi connectivity index (χ2n) is 5.21. The first-order valence-electron chi connectivity index (χ1n) is 6.91. The summed E-state index contributed by atoms with van der Waals surface area (Å²) in [6.07, 6.45) is 2.27. The van der Waals surface area contributed by atoms with Crippen LogP contribution >= 0.6 is 0 Å². The highest BCUT2D eigenvalue weighted by atomic mass is 16.2. The zero-order chi connectivity index (χ0) is 14.8. The molecule has 0 rings (SSSR count). The minimum Gasteiger partial charge on any atom is -0.352 e. The average molecular weight is 272 g/mol. The van der Waals surface area contributed by atoms with Crippen LogP contribution in [-0.2, 0) is 9.59 Å². The predicted octanol–water partition coefficient (Wildman–Crippen LogP) is -0.280. The van der Waals surface area contributed by atoms with Gasteiger partial charge in [-0.3, -0.25) is 9.59 Å². The van der Waals surface area contributed by atoms with Crippen LogP contribution in [0.4, 0.5) is 0 Å². The van der Waals surface area contributed by atoms with Gasteiger partial charge in [0.1, 0.15) is 0 Å². The summed E-state index contributed by atoms with van der Waals surface area (Å²) in [5.74, 6) is -0.119. The Bertz CT molecular complexity index is 282. The lowest BCUT2D eigenvalue weighted by molar-refractivity contribution is -0.127. The Kier molecular flexibility index (Phi) is 9.16. The summed E-state index contributed by atoms with van der Waals surface area (Å²) < 4.78 is 0. The number of hydrogen-bond acceptors (Lipinski definition) is 4. The molecule has 0 aliphatic carbocycles. The molecule has 0 heterocycles. The lowest BCUT2D eigenvalue weighted by atomic mass is 10.1. The second-order valence-corrected chi connectivity index (χ2v) is 5.21. The fraction of sp³-hybridized carbons (Fsp3) is 0.846. The molecule has 0 bridgehead atoms. The molecule has 0 saturated carbocycles. The van der Waals surface area contributed by atoms with Crippen molar-refractivity contribution in [1.82, 2.24) is 10.6 Å². The Hall–Kier alpha value is -1.14. The number of amides is 2. The fourth-order valence-corrected chi connectivity index (χ4v) is 1.41. The normalized spacial score (nSPS) is 14.0. The van der Waals surface area contributed by atoms with Gasteiger partial charge in [-0.2, -0.15) is 0 Å². The predicted molar refractivity (Wildman–Crippen MR) is 76.3 cm³/mol. The van der Waals surface area contributed by atoms with E-state index in [-0.39, 0.29) is 24.4 Å². The first-order valence-corrected chi connectivity index (χ1v) is 6.91. The van der Waals surface area contributed by atoms with Crippen molar-refractivity contribution in [3.8, 4) is 0 Å². The van der Waals surface area contributed by atoms with Crippen LogP contribution in [0.3, 0.4) is 0 Å². The molecule has 0 fully saturated rings. The van der Waals surface area contributed by atoms with Gasteiger partial charge >= 0.3 is 0 Å². The Morgan fingerprint density at radius 1 is 1.16 bits per heavy atom. The highest BCUT2D eigenvalue weighted by molar-refractivity contribution is 5.87. The van der Waals surface area contributed by atoms with E-state index in [1.807, 2.05) is 20.8 Å². The Balaban J connectivity index is 3.85. The molecule has 2 amide bonds. The molecule has 0 aliphatic rings. The van der Waals surface area contributed by atoms with E-state index in [1.54, 1.807) is 0 Å². The van der Waals surface area contributed by atoms with E-state index in [4.69, 9.17) is 11.5 Å². The monoisotopic (exact) mass is 272 g/mol. The molecule has 2 unspecified atom stereocenters. The summed E-state index contributed by atoms with van der Waals surface area (Å²) >= 11 is 0. The zero-order valence-corrected chi connectivity index (χ0v) is 12.2. The minimum absolute atomic E-state index is 0.0273.